The average molecular weight is 400 g/mol. The Labute approximate surface area is 136 Å². The van der Waals surface area contributed by atoms with E-state index in [1.807, 2.05) is 6.20 Å². The zero-order valence-corrected chi connectivity index (χ0v) is 14.0. The number of aliphatic imine (C=N–C) groups is 1. The Morgan fingerprint density at radius 2 is 2.15 bits per heavy atom. The Balaban J connectivity index is 1.67. The molecule has 0 spiro atoms. The predicted octanol–water partition coefficient (Wildman–Crippen LogP) is 3.20. The van der Waals surface area contributed by atoms with Crippen LogP contribution in [0.25, 0.3) is 0 Å². The molecule has 1 aromatic carbocycles. The number of rotatable bonds is 6. The number of nitrogens with zero attached hydrogens (tertiary/aromatic N) is 2. The second kappa shape index (κ2) is 8.31. The van der Waals surface area contributed by atoms with E-state index in [4.69, 9.17) is 5.73 Å². The first-order chi connectivity index (χ1) is 9.74. The number of nitrogens with one attached hydrogen (secondary N) is 1. The average Bonchev–Trinajstić information content (AvgIpc) is 2.96. The zero-order chi connectivity index (χ0) is 14.2. The van der Waals surface area contributed by atoms with Crippen LogP contribution in [0.5, 0.6) is 0 Å². The molecule has 0 aliphatic rings. The van der Waals surface area contributed by atoms with Crippen LogP contribution in [0.1, 0.15) is 17.7 Å². The van der Waals surface area contributed by atoms with Crippen LogP contribution in [0.4, 0.5) is 0 Å². The van der Waals surface area contributed by atoms with Crippen LogP contribution in [-0.4, -0.2) is 20.9 Å². The van der Waals surface area contributed by atoms with E-state index in [2.05, 4.69) is 61.8 Å². The highest BCUT2D eigenvalue weighted by atomic mass is 127. The molecule has 0 fully saturated rings. The molecule has 2 aromatic rings. The van der Waals surface area contributed by atoms with Crippen molar-refractivity contribution in [2.75, 3.05) is 5.75 Å². The Kier molecular flexibility index (Phi) is 6.38. The molecule has 0 atom stereocenters. The minimum Gasteiger partial charge on any atom is -0.379 e. The molecule has 1 heterocycles. The molecule has 0 aliphatic heterocycles. The van der Waals surface area contributed by atoms with Crippen LogP contribution in [0, 0.1) is 3.57 Å². The summed E-state index contributed by atoms with van der Waals surface area (Å²) < 4.78 is 1.23. The summed E-state index contributed by atoms with van der Waals surface area (Å²) in [4.78, 5) is 11.5. The van der Waals surface area contributed by atoms with E-state index in [1.165, 1.54) is 14.8 Å². The van der Waals surface area contributed by atoms with Gasteiger partial charge in [-0.1, -0.05) is 23.9 Å². The summed E-state index contributed by atoms with van der Waals surface area (Å²) in [6.45, 7) is 0.649. The molecule has 4 nitrogen and oxygen atoms in total. The number of benzene rings is 1. The monoisotopic (exact) mass is 400 g/mol. The molecule has 3 N–H and O–H groups in total. The van der Waals surface area contributed by atoms with Crippen LogP contribution in [-0.2, 0) is 13.0 Å². The minimum absolute atomic E-state index is 0.649. The van der Waals surface area contributed by atoms with Crippen LogP contribution in [0.15, 0.2) is 41.8 Å². The molecule has 0 radical (unpaired) electrons. The number of hydrogen-bond acceptors (Lipinski definition) is 3. The first-order valence-corrected chi connectivity index (χ1v) is 8.45. The number of halogens is 1. The number of thioether (sulfide) groups is 1. The van der Waals surface area contributed by atoms with Gasteiger partial charge in [-0.15, -0.1) is 0 Å². The van der Waals surface area contributed by atoms with Crippen LogP contribution in [0.3, 0.4) is 0 Å². The first-order valence-electron chi connectivity index (χ1n) is 6.38. The van der Waals surface area contributed by atoms with Gasteiger partial charge in [0.15, 0.2) is 5.17 Å². The van der Waals surface area contributed by atoms with Gasteiger partial charge >= 0.3 is 0 Å². The molecule has 0 saturated carbocycles. The zero-order valence-electron chi connectivity index (χ0n) is 11.1. The van der Waals surface area contributed by atoms with Crippen molar-refractivity contribution in [1.82, 2.24) is 9.97 Å². The van der Waals surface area contributed by atoms with E-state index in [9.17, 15) is 0 Å². The van der Waals surface area contributed by atoms with Gasteiger partial charge in [0.05, 0.1) is 12.9 Å². The number of aryl methyl sites for hydroxylation is 1. The Hall–Kier alpha value is -1.02. The van der Waals surface area contributed by atoms with Gasteiger partial charge in [-0.05, 0) is 53.1 Å². The summed E-state index contributed by atoms with van der Waals surface area (Å²) >= 11 is 3.91. The van der Waals surface area contributed by atoms with Crippen LogP contribution in [0.2, 0.25) is 0 Å². The molecular weight excluding hydrogens is 383 g/mol. The molecule has 2 rings (SSSR count). The number of nitrogens with two attached hydrogens (primary N) is 1. The maximum Gasteiger partial charge on any atom is 0.154 e. The molecule has 1 aromatic heterocycles. The molecular formula is C14H17IN4S. The molecule has 6 heteroatoms. The minimum atomic E-state index is 0.649. The summed E-state index contributed by atoms with van der Waals surface area (Å²) in [6.07, 6.45) is 5.63. The predicted molar refractivity (Wildman–Crippen MR) is 93.9 cm³/mol. The van der Waals surface area contributed by atoms with Gasteiger partial charge in [0.25, 0.3) is 0 Å². The second-order valence-electron chi connectivity index (χ2n) is 4.31. The van der Waals surface area contributed by atoms with Gasteiger partial charge in [0.1, 0.15) is 0 Å². The summed E-state index contributed by atoms with van der Waals surface area (Å²) in [7, 11) is 0. The number of amidine groups is 1. The van der Waals surface area contributed by atoms with Crippen molar-refractivity contribution in [3.63, 3.8) is 0 Å². The van der Waals surface area contributed by atoms with Gasteiger partial charge in [0.2, 0.25) is 0 Å². The third kappa shape index (κ3) is 5.54. The first kappa shape index (κ1) is 15.4. The highest BCUT2D eigenvalue weighted by molar-refractivity contribution is 14.1. The molecule has 0 bridgehead atoms. The second-order valence-corrected chi connectivity index (χ2v) is 6.67. The lowest BCUT2D eigenvalue weighted by atomic mass is 10.2. The fourth-order valence-corrected chi connectivity index (χ4v) is 2.68. The number of imidazole rings is 1. The summed E-state index contributed by atoms with van der Waals surface area (Å²) in [5, 5.41) is 0.660. The number of aromatic amines is 1. The van der Waals surface area contributed by atoms with E-state index >= 15 is 0 Å². The van der Waals surface area contributed by atoms with Gasteiger partial charge in [-0.3, -0.25) is 4.99 Å². The van der Waals surface area contributed by atoms with Crippen molar-refractivity contribution >= 4 is 39.5 Å². The topological polar surface area (TPSA) is 67.1 Å². The molecule has 0 aliphatic carbocycles. The van der Waals surface area contributed by atoms with Crippen LogP contribution < -0.4 is 5.73 Å². The molecule has 0 saturated heterocycles. The summed E-state index contributed by atoms with van der Waals surface area (Å²) in [5.74, 6) is 0.973. The molecule has 106 valence electrons. The highest BCUT2D eigenvalue weighted by Gasteiger charge is 1.98. The number of H-pyrrole nitrogens is 1. The van der Waals surface area contributed by atoms with Crippen molar-refractivity contribution in [2.45, 2.75) is 19.4 Å². The van der Waals surface area contributed by atoms with E-state index in [0.29, 0.717) is 11.7 Å². The third-order valence-electron chi connectivity index (χ3n) is 2.73. The maximum atomic E-state index is 5.90. The van der Waals surface area contributed by atoms with Crippen molar-refractivity contribution in [3.8, 4) is 0 Å². The lowest BCUT2D eigenvalue weighted by molar-refractivity contribution is 0.903. The smallest absolute Gasteiger partial charge is 0.154 e. The lowest BCUT2D eigenvalue weighted by Gasteiger charge is -2.01. The molecule has 0 amide bonds. The Morgan fingerprint density at radius 3 is 2.85 bits per heavy atom. The number of aromatic nitrogens is 2. The van der Waals surface area contributed by atoms with E-state index in [0.717, 1.165) is 18.6 Å². The van der Waals surface area contributed by atoms with Crippen LogP contribution >= 0.6 is 34.4 Å². The van der Waals surface area contributed by atoms with Crippen molar-refractivity contribution < 1.29 is 0 Å². The van der Waals surface area contributed by atoms with E-state index in [-0.39, 0.29) is 0 Å². The maximum absolute atomic E-state index is 5.90. The Morgan fingerprint density at radius 1 is 1.35 bits per heavy atom. The Bertz CT molecular complexity index is 537. The third-order valence-corrected chi connectivity index (χ3v) is 4.36. The van der Waals surface area contributed by atoms with Gasteiger partial charge in [-0.25, -0.2) is 4.98 Å². The van der Waals surface area contributed by atoms with Gasteiger partial charge < -0.3 is 10.7 Å². The van der Waals surface area contributed by atoms with E-state index < -0.39 is 0 Å². The normalized spacial score (nSPS) is 11.8. The van der Waals surface area contributed by atoms with Gasteiger partial charge in [-0.2, -0.15) is 0 Å². The van der Waals surface area contributed by atoms with E-state index in [1.54, 1.807) is 18.1 Å². The SMILES string of the molecule is NC(=NCc1ccc(I)cc1)SCCCc1cnc[nH]1. The van der Waals surface area contributed by atoms with Crippen molar-refractivity contribution in [1.29, 1.82) is 0 Å². The lowest BCUT2D eigenvalue weighted by Crippen LogP contribution is -2.08. The van der Waals surface area contributed by atoms with Gasteiger partial charge in [0, 0.05) is 21.2 Å². The summed E-state index contributed by atoms with van der Waals surface area (Å²) in [6, 6.07) is 8.33. The highest BCUT2D eigenvalue weighted by Crippen LogP contribution is 2.10. The molecule has 20 heavy (non-hydrogen) atoms. The largest absolute Gasteiger partial charge is 0.379 e. The number of hydrogen-bond donors (Lipinski definition) is 2. The quantitative estimate of drug-likeness (QED) is 0.339. The van der Waals surface area contributed by atoms with Crippen molar-refractivity contribution in [2.24, 2.45) is 10.7 Å². The molecule has 0 unspecified atom stereocenters. The fourth-order valence-electron chi connectivity index (χ4n) is 1.67. The van der Waals surface area contributed by atoms with Crippen molar-refractivity contribution in [3.05, 3.63) is 51.6 Å². The summed E-state index contributed by atoms with van der Waals surface area (Å²) in [5.41, 5.74) is 8.26. The fraction of sp³-hybridized carbons (Fsp3) is 0.286. The standard InChI is InChI=1S/C14H17IN4S/c15-12-5-3-11(4-6-12)8-18-14(16)20-7-1-2-13-9-17-10-19-13/h3-6,9-10H,1-2,7-8H2,(H2,16,18)(H,17,19).